The van der Waals surface area contributed by atoms with Crippen LogP contribution in [0.15, 0.2) is 54.6 Å². The Morgan fingerprint density at radius 3 is 2.60 bits per heavy atom. The Morgan fingerprint density at radius 2 is 1.83 bits per heavy atom. The number of quaternary nitrogens is 1. The molecule has 0 spiro atoms. The van der Waals surface area contributed by atoms with Gasteiger partial charge in [-0.2, -0.15) is 0 Å². The fraction of sp³-hybridized carbons (Fsp3) is 0.440. The number of aryl methyl sites for hydroxylation is 1. The summed E-state index contributed by atoms with van der Waals surface area (Å²) in [6, 6.07) is 18.7. The smallest absolute Gasteiger partial charge is 0.226 e. The number of carbonyl (C=O) groups excluding carboxylic acids is 1. The molecular formula is C25H31N4O+. The average molecular weight is 404 g/mol. The maximum absolute atomic E-state index is 13.5. The van der Waals surface area contributed by atoms with Crippen molar-refractivity contribution in [1.82, 2.24) is 14.5 Å². The van der Waals surface area contributed by atoms with E-state index in [0.29, 0.717) is 18.4 Å². The van der Waals surface area contributed by atoms with E-state index in [0.717, 1.165) is 36.4 Å². The summed E-state index contributed by atoms with van der Waals surface area (Å²) in [5.74, 6) is 1.77. The zero-order valence-electron chi connectivity index (χ0n) is 17.8. The molecule has 156 valence electrons. The Kier molecular flexibility index (Phi) is 5.30. The Labute approximate surface area is 178 Å². The lowest BCUT2D eigenvalue weighted by molar-refractivity contribution is -0.886. The van der Waals surface area contributed by atoms with Gasteiger partial charge in [-0.25, -0.2) is 4.98 Å². The molecule has 30 heavy (non-hydrogen) atoms. The molecule has 1 saturated heterocycles. The number of nitrogens with one attached hydrogen (secondary N) is 1. The van der Waals surface area contributed by atoms with Crippen molar-refractivity contribution in [2.45, 2.75) is 31.7 Å². The van der Waals surface area contributed by atoms with Crippen LogP contribution in [0.2, 0.25) is 0 Å². The molecule has 2 aliphatic rings. The van der Waals surface area contributed by atoms with E-state index in [1.807, 2.05) is 24.3 Å². The number of fused-ring (bicyclic) bond motifs is 1. The van der Waals surface area contributed by atoms with Crippen molar-refractivity contribution in [2.75, 3.05) is 26.2 Å². The highest BCUT2D eigenvalue weighted by atomic mass is 16.2. The number of carbonyl (C=O) groups is 1. The van der Waals surface area contributed by atoms with E-state index in [1.165, 1.54) is 31.5 Å². The van der Waals surface area contributed by atoms with E-state index < -0.39 is 0 Å². The van der Waals surface area contributed by atoms with Gasteiger partial charge in [0.05, 0.1) is 43.8 Å². The van der Waals surface area contributed by atoms with E-state index in [2.05, 4.69) is 46.8 Å². The molecule has 5 nitrogen and oxygen atoms in total. The molecule has 2 heterocycles. The molecule has 5 heteroatoms. The number of hydrogen-bond acceptors (Lipinski definition) is 2. The first-order chi connectivity index (χ1) is 14.7. The predicted molar refractivity (Wildman–Crippen MR) is 118 cm³/mol. The number of para-hydroxylation sites is 2. The molecule has 1 aliphatic heterocycles. The van der Waals surface area contributed by atoms with Gasteiger partial charge in [-0.1, -0.05) is 42.5 Å². The average Bonchev–Trinajstić information content (AvgIpc) is 3.29. The van der Waals surface area contributed by atoms with Gasteiger partial charge in [0, 0.05) is 25.8 Å². The fourth-order valence-corrected chi connectivity index (χ4v) is 4.96. The van der Waals surface area contributed by atoms with Crippen LogP contribution in [0.3, 0.4) is 0 Å². The lowest BCUT2D eigenvalue weighted by atomic mass is 10.1. The number of rotatable bonds is 7. The zero-order valence-corrected chi connectivity index (χ0v) is 17.8. The van der Waals surface area contributed by atoms with Gasteiger partial charge >= 0.3 is 0 Å². The number of hydrogen-bond donors (Lipinski definition) is 1. The van der Waals surface area contributed by atoms with Crippen LogP contribution >= 0.6 is 0 Å². The van der Waals surface area contributed by atoms with Crippen LogP contribution in [0.1, 0.15) is 36.6 Å². The summed E-state index contributed by atoms with van der Waals surface area (Å²) in [4.78, 5) is 22.1. The minimum atomic E-state index is 0.121. The zero-order chi connectivity index (χ0) is 20.5. The number of aromatic nitrogens is 2. The normalized spacial score (nSPS) is 21.2. The summed E-state index contributed by atoms with van der Waals surface area (Å²) in [6.07, 6.45) is 3.60. The second kappa shape index (κ2) is 8.23. The lowest BCUT2D eigenvalue weighted by Crippen LogP contribution is -3.10. The summed E-state index contributed by atoms with van der Waals surface area (Å²) >= 11 is 0. The minimum absolute atomic E-state index is 0.121. The molecular weight excluding hydrogens is 372 g/mol. The molecule has 2 atom stereocenters. The summed E-state index contributed by atoms with van der Waals surface area (Å²) in [6.45, 7) is 4.93. The topological polar surface area (TPSA) is 42.6 Å². The molecule has 1 aliphatic carbocycles. The standard InChI is InChI=1S/C25H30N4O/c1-27-23-12-6-5-11-22(23)26-24(27)18-29(16-15-28-13-7-8-14-28)25(30)21-17-20(21)19-9-3-2-4-10-19/h2-6,9-12,20-21H,7-8,13-18H2,1H3/p+1/t20-,21+/m0/s1. The summed E-state index contributed by atoms with van der Waals surface area (Å²) < 4.78 is 2.14. The highest BCUT2D eigenvalue weighted by molar-refractivity contribution is 5.83. The van der Waals surface area contributed by atoms with Gasteiger partial charge in [-0.3, -0.25) is 4.79 Å². The summed E-state index contributed by atoms with van der Waals surface area (Å²) in [5, 5.41) is 0. The van der Waals surface area contributed by atoms with Gasteiger partial charge in [0.15, 0.2) is 0 Å². The maximum atomic E-state index is 13.5. The second-order valence-electron chi connectivity index (χ2n) is 8.90. The molecule has 2 fully saturated rings. The highest BCUT2D eigenvalue weighted by Crippen LogP contribution is 2.48. The molecule has 0 bridgehead atoms. The summed E-state index contributed by atoms with van der Waals surface area (Å²) in [5.41, 5.74) is 3.42. The van der Waals surface area contributed by atoms with Crippen molar-refractivity contribution in [2.24, 2.45) is 13.0 Å². The van der Waals surface area contributed by atoms with Crippen LogP contribution in [0, 0.1) is 5.92 Å². The molecule has 1 saturated carbocycles. The van der Waals surface area contributed by atoms with Gasteiger partial charge in [0.2, 0.25) is 5.91 Å². The first-order valence-electron chi connectivity index (χ1n) is 11.3. The van der Waals surface area contributed by atoms with E-state index in [9.17, 15) is 4.79 Å². The number of imidazole rings is 1. The summed E-state index contributed by atoms with van der Waals surface area (Å²) in [7, 11) is 2.06. The monoisotopic (exact) mass is 403 g/mol. The molecule has 1 aromatic heterocycles. The van der Waals surface area contributed by atoms with E-state index in [-0.39, 0.29) is 5.92 Å². The van der Waals surface area contributed by atoms with Gasteiger partial charge in [0.1, 0.15) is 5.82 Å². The number of likely N-dealkylation sites (tertiary alicyclic amines) is 1. The molecule has 0 radical (unpaired) electrons. The Balaban J connectivity index is 1.34. The van der Waals surface area contributed by atoms with Crippen molar-refractivity contribution in [3.05, 3.63) is 66.0 Å². The third kappa shape index (κ3) is 3.86. The van der Waals surface area contributed by atoms with E-state index in [4.69, 9.17) is 4.98 Å². The fourth-order valence-electron chi connectivity index (χ4n) is 4.96. The highest BCUT2D eigenvalue weighted by Gasteiger charge is 2.46. The molecule has 2 aromatic carbocycles. The molecule has 0 unspecified atom stereocenters. The first kappa shape index (κ1) is 19.3. The third-order valence-electron chi connectivity index (χ3n) is 6.91. The molecule has 1 amide bonds. The third-order valence-corrected chi connectivity index (χ3v) is 6.91. The number of benzene rings is 2. The van der Waals surface area contributed by atoms with Crippen LogP contribution in [-0.2, 0) is 18.4 Å². The van der Waals surface area contributed by atoms with Crippen LogP contribution in [0.5, 0.6) is 0 Å². The van der Waals surface area contributed by atoms with Crippen molar-refractivity contribution < 1.29 is 9.69 Å². The van der Waals surface area contributed by atoms with Crippen molar-refractivity contribution in [1.29, 1.82) is 0 Å². The van der Waals surface area contributed by atoms with Crippen LogP contribution < -0.4 is 4.90 Å². The van der Waals surface area contributed by atoms with E-state index >= 15 is 0 Å². The van der Waals surface area contributed by atoms with Gasteiger partial charge in [0.25, 0.3) is 0 Å². The van der Waals surface area contributed by atoms with Gasteiger partial charge in [-0.05, 0) is 30.0 Å². The predicted octanol–water partition coefficient (Wildman–Crippen LogP) is 2.38. The number of nitrogens with zero attached hydrogens (tertiary/aromatic N) is 3. The van der Waals surface area contributed by atoms with Gasteiger partial charge in [-0.15, -0.1) is 0 Å². The largest absolute Gasteiger partial charge is 0.333 e. The van der Waals surface area contributed by atoms with E-state index in [1.54, 1.807) is 4.90 Å². The Hall–Kier alpha value is -2.66. The molecule has 1 N–H and O–H groups in total. The SMILES string of the molecule is Cn1c(CN(CC[NH+]2CCCC2)C(=O)[C@@H]2C[C@H]2c2ccccc2)nc2ccccc21. The van der Waals surface area contributed by atoms with Crippen LogP contribution in [0.4, 0.5) is 0 Å². The second-order valence-corrected chi connectivity index (χ2v) is 8.90. The van der Waals surface area contributed by atoms with Crippen LogP contribution in [-0.4, -0.2) is 46.5 Å². The minimum Gasteiger partial charge on any atom is -0.333 e. The Bertz CT molecular complexity index is 1020. The number of amides is 1. The van der Waals surface area contributed by atoms with Crippen LogP contribution in [0.25, 0.3) is 11.0 Å². The van der Waals surface area contributed by atoms with Gasteiger partial charge < -0.3 is 14.4 Å². The van der Waals surface area contributed by atoms with Crippen molar-refractivity contribution in [3.8, 4) is 0 Å². The molecule has 5 rings (SSSR count). The Morgan fingerprint density at radius 1 is 1.10 bits per heavy atom. The quantitative estimate of drug-likeness (QED) is 0.658. The molecule has 3 aromatic rings. The lowest BCUT2D eigenvalue weighted by Gasteiger charge is -2.24. The van der Waals surface area contributed by atoms with Crippen molar-refractivity contribution >= 4 is 16.9 Å². The maximum Gasteiger partial charge on any atom is 0.226 e. The van der Waals surface area contributed by atoms with Crippen molar-refractivity contribution in [3.63, 3.8) is 0 Å². The first-order valence-corrected chi connectivity index (χ1v) is 11.3.